The number of urea groups is 1. The van der Waals surface area contributed by atoms with Gasteiger partial charge in [-0.05, 0) is 42.8 Å². The van der Waals surface area contributed by atoms with E-state index in [0.29, 0.717) is 22.4 Å². The van der Waals surface area contributed by atoms with Gasteiger partial charge in [0.05, 0.1) is 12.2 Å². The van der Waals surface area contributed by atoms with E-state index in [1.807, 2.05) is 0 Å². The number of anilines is 3. The van der Waals surface area contributed by atoms with Crippen LogP contribution in [0.4, 0.5) is 35.4 Å². The zero-order chi connectivity index (χ0) is 20.7. The number of fused-ring (bicyclic) bond motifs is 1. The molecule has 1 aliphatic rings. The second-order valence-corrected chi connectivity index (χ2v) is 6.47. The average molecular weight is 399 g/mol. The van der Waals surface area contributed by atoms with Gasteiger partial charge in [0.2, 0.25) is 5.95 Å². The molecule has 1 aromatic heterocycles. The van der Waals surface area contributed by atoms with Crippen molar-refractivity contribution >= 4 is 23.5 Å². The van der Waals surface area contributed by atoms with Crippen LogP contribution in [0.3, 0.4) is 0 Å². The Morgan fingerprint density at radius 3 is 2.48 bits per heavy atom. The number of carbonyl (C=O) groups excluding carboxylic acids is 1. The molecule has 0 fully saturated rings. The Kier molecular flexibility index (Phi) is 4.57. The topological polar surface area (TPSA) is 70.2 Å². The van der Waals surface area contributed by atoms with Gasteiger partial charge < -0.3 is 10.6 Å². The Morgan fingerprint density at radius 2 is 1.83 bits per heavy atom. The highest BCUT2D eigenvalue weighted by molar-refractivity contribution is 6.02. The molecule has 1 aliphatic heterocycles. The summed E-state index contributed by atoms with van der Waals surface area (Å²) in [7, 11) is 1.58. The van der Waals surface area contributed by atoms with Crippen molar-refractivity contribution in [2.24, 2.45) is 0 Å². The maximum absolute atomic E-state index is 14.5. The van der Waals surface area contributed by atoms with Crippen molar-refractivity contribution in [2.75, 3.05) is 17.3 Å². The van der Waals surface area contributed by atoms with E-state index in [9.17, 15) is 18.0 Å². The lowest BCUT2D eigenvalue weighted by molar-refractivity contribution is 0.246. The van der Waals surface area contributed by atoms with Crippen molar-refractivity contribution in [1.82, 2.24) is 15.3 Å². The van der Waals surface area contributed by atoms with Crippen LogP contribution < -0.4 is 15.5 Å². The van der Waals surface area contributed by atoms with E-state index in [1.54, 1.807) is 20.0 Å². The number of benzene rings is 2. The average Bonchev–Trinajstić information content (AvgIpc) is 2.68. The lowest BCUT2D eigenvalue weighted by Crippen LogP contribution is -2.43. The Labute approximate surface area is 164 Å². The highest BCUT2D eigenvalue weighted by Gasteiger charge is 2.34. The first-order valence-corrected chi connectivity index (χ1v) is 8.78. The van der Waals surface area contributed by atoms with E-state index in [-0.39, 0.29) is 18.3 Å². The van der Waals surface area contributed by atoms with Crippen molar-refractivity contribution in [1.29, 1.82) is 0 Å². The molecule has 0 radical (unpaired) electrons. The van der Waals surface area contributed by atoms with E-state index in [0.717, 1.165) is 17.0 Å². The number of aromatic nitrogens is 2. The summed E-state index contributed by atoms with van der Waals surface area (Å²) >= 11 is 0. The Morgan fingerprint density at radius 1 is 1.10 bits per heavy atom. The number of carbonyl (C=O) groups is 1. The molecule has 148 valence electrons. The monoisotopic (exact) mass is 399 g/mol. The zero-order valence-corrected chi connectivity index (χ0v) is 15.6. The molecule has 0 saturated heterocycles. The predicted molar refractivity (Wildman–Crippen MR) is 102 cm³/mol. The minimum Gasteiger partial charge on any atom is -0.357 e. The summed E-state index contributed by atoms with van der Waals surface area (Å²) in [5.74, 6) is -2.00. The number of rotatable bonds is 3. The molecule has 4 rings (SSSR count). The summed E-state index contributed by atoms with van der Waals surface area (Å²) in [6.07, 6.45) is 0. The number of aryl methyl sites for hydroxylation is 1. The molecule has 2 amide bonds. The van der Waals surface area contributed by atoms with Crippen LogP contribution in [0.5, 0.6) is 0 Å². The van der Waals surface area contributed by atoms with Crippen molar-refractivity contribution in [2.45, 2.75) is 13.5 Å². The summed E-state index contributed by atoms with van der Waals surface area (Å²) in [6.45, 7) is 1.78. The Bertz CT molecular complexity index is 1120. The number of nitrogens with zero attached hydrogens (tertiary/aromatic N) is 3. The molecule has 0 atom stereocenters. The van der Waals surface area contributed by atoms with Crippen molar-refractivity contribution < 1.29 is 18.0 Å². The van der Waals surface area contributed by atoms with Gasteiger partial charge in [0.15, 0.2) is 5.82 Å². The van der Waals surface area contributed by atoms with Gasteiger partial charge in [0, 0.05) is 18.2 Å². The molecule has 9 heteroatoms. The van der Waals surface area contributed by atoms with Crippen LogP contribution in [0.25, 0.3) is 11.3 Å². The van der Waals surface area contributed by atoms with Gasteiger partial charge >= 0.3 is 6.03 Å². The standard InChI is InChI=1S/C20H16F3N5O/c1-10-8-11(21)6-7-12(10)16-13-9-25-20(29)28(18(13)27-19(24-2)26-16)17-14(22)4-3-5-15(17)23/h3-8H,9H2,1-2H3,(H,25,29)(H,24,26,27). The van der Waals surface area contributed by atoms with E-state index >= 15 is 0 Å². The van der Waals surface area contributed by atoms with Crippen molar-refractivity contribution in [3.8, 4) is 11.3 Å². The first kappa shape index (κ1) is 18.7. The third-order valence-electron chi connectivity index (χ3n) is 4.64. The molecule has 2 aromatic carbocycles. The largest absolute Gasteiger partial charge is 0.357 e. The molecule has 29 heavy (non-hydrogen) atoms. The quantitative estimate of drug-likeness (QED) is 0.690. The summed E-state index contributed by atoms with van der Waals surface area (Å²) in [4.78, 5) is 22.2. The van der Waals surface area contributed by atoms with Crippen LogP contribution >= 0.6 is 0 Å². The maximum Gasteiger partial charge on any atom is 0.328 e. The second kappa shape index (κ2) is 7.08. The van der Waals surface area contributed by atoms with Crippen molar-refractivity contribution in [3.05, 3.63) is 65.0 Å². The summed E-state index contributed by atoms with van der Waals surface area (Å²) in [5, 5.41) is 5.39. The molecule has 0 bridgehead atoms. The number of hydrogen-bond acceptors (Lipinski definition) is 4. The number of amides is 2. The number of halogens is 3. The molecular weight excluding hydrogens is 383 g/mol. The molecule has 6 nitrogen and oxygen atoms in total. The van der Waals surface area contributed by atoms with Crippen LogP contribution in [0, 0.1) is 24.4 Å². The third kappa shape index (κ3) is 3.14. The number of para-hydroxylation sites is 1. The summed E-state index contributed by atoms with van der Waals surface area (Å²) < 4.78 is 42.5. The van der Waals surface area contributed by atoms with Crippen LogP contribution in [0.2, 0.25) is 0 Å². The molecule has 2 N–H and O–H groups in total. The fraction of sp³-hybridized carbons (Fsp3) is 0.150. The van der Waals surface area contributed by atoms with E-state index in [1.165, 1.54) is 18.2 Å². The normalized spacial score (nSPS) is 13.1. The molecular formula is C20H16F3N5O. The van der Waals surface area contributed by atoms with Gasteiger partial charge in [-0.15, -0.1) is 0 Å². The second-order valence-electron chi connectivity index (χ2n) is 6.47. The SMILES string of the molecule is CNc1nc(-c2ccc(F)cc2C)c2c(n1)N(c1c(F)cccc1F)C(=O)NC2. The smallest absolute Gasteiger partial charge is 0.328 e. The zero-order valence-electron chi connectivity index (χ0n) is 15.6. The van der Waals surface area contributed by atoms with Crippen LogP contribution in [-0.4, -0.2) is 23.0 Å². The van der Waals surface area contributed by atoms with E-state index in [4.69, 9.17) is 0 Å². The molecule has 2 heterocycles. The first-order valence-electron chi connectivity index (χ1n) is 8.78. The number of nitrogens with one attached hydrogen (secondary N) is 2. The lowest BCUT2D eigenvalue weighted by atomic mass is 10.00. The van der Waals surface area contributed by atoms with Gasteiger partial charge in [-0.2, -0.15) is 4.98 Å². The first-order chi connectivity index (χ1) is 13.9. The summed E-state index contributed by atoms with van der Waals surface area (Å²) in [6, 6.07) is 6.84. The predicted octanol–water partition coefficient (Wildman–Crippen LogP) is 4.27. The van der Waals surface area contributed by atoms with Gasteiger partial charge in [-0.3, -0.25) is 0 Å². The summed E-state index contributed by atoms with van der Waals surface area (Å²) in [5.41, 5.74) is 1.59. The fourth-order valence-electron chi connectivity index (χ4n) is 3.30. The Hall–Kier alpha value is -3.62. The van der Waals surface area contributed by atoms with Crippen LogP contribution in [0.15, 0.2) is 36.4 Å². The highest BCUT2D eigenvalue weighted by atomic mass is 19.1. The highest BCUT2D eigenvalue weighted by Crippen LogP contribution is 2.38. The molecule has 0 saturated carbocycles. The van der Waals surface area contributed by atoms with Gasteiger partial charge in [-0.25, -0.2) is 27.8 Å². The van der Waals surface area contributed by atoms with E-state index < -0.39 is 29.2 Å². The minimum atomic E-state index is -0.905. The maximum atomic E-state index is 14.5. The molecule has 0 unspecified atom stereocenters. The van der Waals surface area contributed by atoms with Crippen LogP contribution in [-0.2, 0) is 6.54 Å². The fourth-order valence-corrected chi connectivity index (χ4v) is 3.30. The van der Waals surface area contributed by atoms with E-state index in [2.05, 4.69) is 20.6 Å². The lowest BCUT2D eigenvalue weighted by Gasteiger charge is -2.30. The molecule has 0 spiro atoms. The number of hydrogen-bond donors (Lipinski definition) is 2. The minimum absolute atomic E-state index is 0.0517. The van der Waals surface area contributed by atoms with Crippen molar-refractivity contribution in [3.63, 3.8) is 0 Å². The third-order valence-corrected chi connectivity index (χ3v) is 4.64. The van der Waals surface area contributed by atoms with Crippen LogP contribution in [0.1, 0.15) is 11.1 Å². The van der Waals surface area contributed by atoms with Gasteiger partial charge in [0.25, 0.3) is 0 Å². The molecule has 0 aliphatic carbocycles. The molecule has 3 aromatic rings. The van der Waals surface area contributed by atoms with Gasteiger partial charge in [-0.1, -0.05) is 6.07 Å². The van der Waals surface area contributed by atoms with Gasteiger partial charge in [0.1, 0.15) is 23.1 Å². The Balaban J connectivity index is 2.00.